The number of benzene rings is 2. The summed E-state index contributed by atoms with van der Waals surface area (Å²) in [5.41, 5.74) is 1.74. The molecule has 0 saturated heterocycles. The Morgan fingerprint density at radius 2 is 1.70 bits per heavy atom. The van der Waals surface area contributed by atoms with Gasteiger partial charge in [0.2, 0.25) is 0 Å². The quantitative estimate of drug-likeness (QED) is 0.766. The third kappa shape index (κ3) is 3.48. The number of nitrogens with one attached hydrogen (secondary N) is 1. The molecular weight excluding hydrogens is 293 g/mol. The van der Waals surface area contributed by atoms with Gasteiger partial charge in [-0.15, -0.1) is 0 Å². The summed E-state index contributed by atoms with van der Waals surface area (Å²) in [6.07, 6.45) is 0. The number of halogens is 1. The van der Waals surface area contributed by atoms with Crippen molar-refractivity contribution in [3.05, 3.63) is 83.9 Å². The maximum atomic E-state index is 12.9. The minimum absolute atomic E-state index is 0.122. The first-order valence-corrected chi connectivity index (χ1v) is 7.35. The Kier molecular flexibility index (Phi) is 4.24. The van der Waals surface area contributed by atoms with Crippen molar-refractivity contribution in [2.75, 3.05) is 0 Å². The fraction of sp³-hybridized carbons (Fsp3) is 0.105. The van der Waals surface area contributed by atoms with Crippen molar-refractivity contribution in [1.82, 2.24) is 5.32 Å². The van der Waals surface area contributed by atoms with Gasteiger partial charge >= 0.3 is 0 Å². The zero-order chi connectivity index (χ0) is 16.2. The minimum Gasteiger partial charge on any atom is -0.451 e. The van der Waals surface area contributed by atoms with Crippen LogP contribution in [0.5, 0.6) is 0 Å². The van der Waals surface area contributed by atoms with Crippen molar-refractivity contribution in [2.45, 2.75) is 13.0 Å². The standard InChI is InChI=1S/C19H16FNO2/c1-13(14-5-3-2-4-6-14)21-19(22)18-12-11-17(23-18)15-7-9-16(20)10-8-15/h2-13H,1H3,(H,21,22). The minimum atomic E-state index is -0.310. The van der Waals surface area contributed by atoms with Gasteiger partial charge in [0.1, 0.15) is 11.6 Å². The number of carbonyl (C=O) groups excluding carboxylic acids is 1. The molecule has 1 atom stereocenters. The molecular formula is C19H16FNO2. The van der Waals surface area contributed by atoms with Gasteiger partial charge in [0, 0.05) is 5.56 Å². The molecule has 3 aromatic rings. The first kappa shape index (κ1) is 15.0. The summed E-state index contributed by atoms with van der Waals surface area (Å²) in [6.45, 7) is 1.91. The summed E-state index contributed by atoms with van der Waals surface area (Å²) in [5, 5.41) is 2.89. The predicted molar refractivity (Wildman–Crippen MR) is 86.4 cm³/mol. The lowest BCUT2D eigenvalue weighted by atomic mass is 10.1. The molecule has 0 bridgehead atoms. The van der Waals surface area contributed by atoms with E-state index in [2.05, 4.69) is 5.32 Å². The molecule has 1 amide bonds. The molecule has 3 rings (SSSR count). The topological polar surface area (TPSA) is 42.2 Å². The predicted octanol–water partition coefficient (Wildman–Crippen LogP) is 4.58. The van der Waals surface area contributed by atoms with Gasteiger partial charge in [-0.1, -0.05) is 30.3 Å². The van der Waals surface area contributed by atoms with Crippen LogP contribution in [0.15, 0.2) is 71.1 Å². The van der Waals surface area contributed by atoms with Crippen LogP contribution in [0.3, 0.4) is 0 Å². The highest BCUT2D eigenvalue weighted by Crippen LogP contribution is 2.23. The summed E-state index contributed by atoms with van der Waals surface area (Å²) in [5.74, 6) is 0.166. The number of carbonyl (C=O) groups is 1. The van der Waals surface area contributed by atoms with E-state index in [4.69, 9.17) is 4.42 Å². The van der Waals surface area contributed by atoms with E-state index < -0.39 is 0 Å². The summed E-state index contributed by atoms with van der Waals surface area (Å²) in [4.78, 5) is 12.3. The van der Waals surface area contributed by atoms with E-state index in [-0.39, 0.29) is 23.5 Å². The Bertz CT molecular complexity index is 794. The molecule has 0 aliphatic rings. The maximum absolute atomic E-state index is 12.9. The van der Waals surface area contributed by atoms with E-state index >= 15 is 0 Å². The Labute approximate surface area is 133 Å². The van der Waals surface area contributed by atoms with E-state index in [1.807, 2.05) is 37.3 Å². The highest BCUT2D eigenvalue weighted by atomic mass is 19.1. The molecule has 1 heterocycles. The van der Waals surface area contributed by atoms with Gasteiger partial charge in [0.15, 0.2) is 5.76 Å². The third-order valence-corrected chi connectivity index (χ3v) is 3.61. The molecule has 0 aliphatic carbocycles. The summed E-state index contributed by atoms with van der Waals surface area (Å²) in [6, 6.07) is 18.8. The van der Waals surface area contributed by atoms with Crippen LogP contribution in [0, 0.1) is 5.82 Å². The van der Waals surface area contributed by atoms with E-state index in [1.54, 1.807) is 24.3 Å². The lowest BCUT2D eigenvalue weighted by Gasteiger charge is -2.13. The zero-order valence-corrected chi connectivity index (χ0v) is 12.6. The van der Waals surface area contributed by atoms with Crippen molar-refractivity contribution in [3.63, 3.8) is 0 Å². The molecule has 116 valence electrons. The Hall–Kier alpha value is -2.88. The van der Waals surface area contributed by atoms with E-state index in [1.165, 1.54) is 12.1 Å². The largest absolute Gasteiger partial charge is 0.451 e. The molecule has 4 heteroatoms. The summed E-state index contributed by atoms with van der Waals surface area (Å²) >= 11 is 0. The molecule has 0 spiro atoms. The second-order valence-electron chi connectivity index (χ2n) is 5.28. The molecule has 0 radical (unpaired) electrons. The third-order valence-electron chi connectivity index (χ3n) is 3.61. The van der Waals surface area contributed by atoms with Gasteiger partial charge in [0.05, 0.1) is 6.04 Å². The van der Waals surface area contributed by atoms with Crippen molar-refractivity contribution in [2.24, 2.45) is 0 Å². The van der Waals surface area contributed by atoms with Crippen LogP contribution in [0.25, 0.3) is 11.3 Å². The fourth-order valence-electron chi connectivity index (χ4n) is 2.32. The molecule has 0 saturated carbocycles. The first-order valence-electron chi connectivity index (χ1n) is 7.35. The van der Waals surface area contributed by atoms with Crippen LogP contribution in [0.4, 0.5) is 4.39 Å². The van der Waals surface area contributed by atoms with E-state index in [0.29, 0.717) is 5.76 Å². The summed E-state index contributed by atoms with van der Waals surface area (Å²) in [7, 11) is 0. The van der Waals surface area contributed by atoms with Crippen molar-refractivity contribution >= 4 is 5.91 Å². The van der Waals surface area contributed by atoms with Gasteiger partial charge < -0.3 is 9.73 Å². The monoisotopic (exact) mass is 309 g/mol. The molecule has 1 aromatic heterocycles. The number of furan rings is 1. The van der Waals surface area contributed by atoms with Gasteiger partial charge in [-0.2, -0.15) is 0 Å². The molecule has 1 N–H and O–H groups in total. The SMILES string of the molecule is CC(NC(=O)c1ccc(-c2ccc(F)cc2)o1)c1ccccc1. The second-order valence-corrected chi connectivity index (χ2v) is 5.28. The number of rotatable bonds is 4. The van der Waals surface area contributed by atoms with Crippen molar-refractivity contribution < 1.29 is 13.6 Å². The Morgan fingerprint density at radius 1 is 1.00 bits per heavy atom. The number of hydrogen-bond donors (Lipinski definition) is 1. The normalized spacial score (nSPS) is 11.9. The van der Waals surface area contributed by atoms with Gasteiger partial charge in [-0.05, 0) is 48.9 Å². The lowest BCUT2D eigenvalue weighted by molar-refractivity contribution is 0.0912. The van der Waals surface area contributed by atoms with Crippen molar-refractivity contribution in [1.29, 1.82) is 0 Å². The Morgan fingerprint density at radius 3 is 2.39 bits per heavy atom. The maximum Gasteiger partial charge on any atom is 0.287 e. The molecule has 0 aliphatic heterocycles. The molecule has 0 fully saturated rings. The van der Waals surface area contributed by atoms with Gasteiger partial charge in [0.25, 0.3) is 5.91 Å². The Balaban J connectivity index is 1.72. The average molecular weight is 309 g/mol. The van der Waals surface area contributed by atoms with E-state index in [9.17, 15) is 9.18 Å². The van der Waals surface area contributed by atoms with Crippen LogP contribution in [-0.4, -0.2) is 5.91 Å². The molecule has 1 unspecified atom stereocenters. The average Bonchev–Trinajstić information content (AvgIpc) is 3.06. The van der Waals surface area contributed by atoms with Gasteiger partial charge in [-0.3, -0.25) is 4.79 Å². The lowest BCUT2D eigenvalue weighted by Crippen LogP contribution is -2.26. The van der Waals surface area contributed by atoms with Crippen molar-refractivity contribution in [3.8, 4) is 11.3 Å². The van der Waals surface area contributed by atoms with E-state index in [0.717, 1.165) is 11.1 Å². The molecule has 23 heavy (non-hydrogen) atoms. The van der Waals surface area contributed by atoms with Crippen LogP contribution >= 0.6 is 0 Å². The fourth-order valence-corrected chi connectivity index (χ4v) is 2.32. The molecule has 3 nitrogen and oxygen atoms in total. The highest BCUT2D eigenvalue weighted by Gasteiger charge is 2.15. The van der Waals surface area contributed by atoms with Crippen LogP contribution in [0.2, 0.25) is 0 Å². The van der Waals surface area contributed by atoms with Crippen LogP contribution in [-0.2, 0) is 0 Å². The first-order chi connectivity index (χ1) is 11.1. The zero-order valence-electron chi connectivity index (χ0n) is 12.6. The number of amides is 1. The van der Waals surface area contributed by atoms with Crippen LogP contribution < -0.4 is 5.32 Å². The second kappa shape index (κ2) is 6.48. The summed E-state index contributed by atoms with van der Waals surface area (Å²) < 4.78 is 18.5. The highest BCUT2D eigenvalue weighted by molar-refractivity contribution is 5.92. The number of hydrogen-bond acceptors (Lipinski definition) is 2. The van der Waals surface area contributed by atoms with Crippen LogP contribution in [0.1, 0.15) is 29.1 Å². The molecule has 2 aromatic carbocycles. The smallest absolute Gasteiger partial charge is 0.287 e. The van der Waals surface area contributed by atoms with Gasteiger partial charge in [-0.25, -0.2) is 4.39 Å².